The van der Waals surface area contributed by atoms with E-state index in [1.165, 1.54) is 10.5 Å². The normalized spacial score (nSPS) is 10.8. The van der Waals surface area contributed by atoms with Crippen LogP contribution in [0.2, 0.25) is 0 Å². The summed E-state index contributed by atoms with van der Waals surface area (Å²) in [6, 6.07) is 8.68. The van der Waals surface area contributed by atoms with Crippen molar-refractivity contribution in [1.29, 1.82) is 0 Å². The van der Waals surface area contributed by atoms with Gasteiger partial charge in [0, 0.05) is 10.1 Å². The van der Waals surface area contributed by atoms with Crippen LogP contribution in [0, 0.1) is 0 Å². The Labute approximate surface area is 108 Å². The predicted octanol–water partition coefficient (Wildman–Crippen LogP) is 2.91. The minimum atomic E-state index is 0.189. The first kappa shape index (κ1) is 14.3. The van der Waals surface area contributed by atoms with Gasteiger partial charge in [0.15, 0.2) is 0 Å². The van der Waals surface area contributed by atoms with E-state index >= 15 is 0 Å². The lowest BCUT2D eigenvalue weighted by Crippen LogP contribution is -2.23. The monoisotopic (exact) mass is 251 g/mol. The van der Waals surface area contributed by atoms with Crippen LogP contribution in [0.3, 0.4) is 0 Å². The summed E-state index contributed by atoms with van der Waals surface area (Å²) in [5, 5.41) is 3.75. The minimum Gasteiger partial charge on any atom is -0.310 e. The second kappa shape index (κ2) is 7.51. The molecule has 0 atom stereocenters. The maximum atomic E-state index is 10.7. The van der Waals surface area contributed by atoms with Crippen LogP contribution >= 0.6 is 11.8 Å². The van der Waals surface area contributed by atoms with Gasteiger partial charge in [0.1, 0.15) is 5.78 Å². The molecule has 1 rings (SSSR count). The molecule has 0 bridgehead atoms. The molecule has 0 saturated carbocycles. The van der Waals surface area contributed by atoms with Crippen LogP contribution < -0.4 is 5.32 Å². The zero-order valence-corrected chi connectivity index (χ0v) is 11.6. The van der Waals surface area contributed by atoms with Gasteiger partial charge >= 0.3 is 0 Å². The predicted molar refractivity (Wildman–Crippen MR) is 74.7 cm³/mol. The van der Waals surface area contributed by atoms with E-state index in [1.807, 2.05) is 11.8 Å². The fourth-order valence-corrected chi connectivity index (χ4v) is 2.34. The van der Waals surface area contributed by atoms with Gasteiger partial charge < -0.3 is 5.32 Å². The van der Waals surface area contributed by atoms with E-state index in [1.54, 1.807) is 6.92 Å². The van der Waals surface area contributed by atoms with Gasteiger partial charge in [-0.2, -0.15) is 0 Å². The van der Waals surface area contributed by atoms with Gasteiger partial charge in [-0.3, -0.25) is 4.79 Å². The lowest BCUT2D eigenvalue weighted by molar-refractivity contribution is -0.116. The molecule has 3 heteroatoms. The number of Topliss-reactive ketones (excluding diaryl/α,β-unsaturated/α-hetero) is 1. The third-order valence-corrected chi connectivity index (χ3v) is 3.28. The quantitative estimate of drug-likeness (QED) is 0.597. The Morgan fingerprint density at radius 3 is 2.47 bits per heavy atom. The molecule has 1 N–H and O–H groups in total. The number of thioether (sulfide) groups is 1. The largest absolute Gasteiger partial charge is 0.310 e. The molecule has 17 heavy (non-hydrogen) atoms. The molecule has 0 radical (unpaired) electrons. The molecular formula is C14H21NOS. The third kappa shape index (κ3) is 6.49. The van der Waals surface area contributed by atoms with E-state index in [0.29, 0.717) is 11.8 Å². The number of rotatable bonds is 7. The first-order chi connectivity index (χ1) is 8.08. The number of carbonyl (C=O) groups is 1. The average molecular weight is 251 g/mol. The Morgan fingerprint density at radius 2 is 1.94 bits per heavy atom. The van der Waals surface area contributed by atoms with E-state index in [0.717, 1.165) is 13.0 Å². The Bertz CT molecular complexity index is 346. The second-order valence-electron chi connectivity index (χ2n) is 4.44. The van der Waals surface area contributed by atoms with Gasteiger partial charge in [-0.15, -0.1) is 11.8 Å². The molecule has 0 spiro atoms. The Hall–Kier alpha value is -0.800. The van der Waals surface area contributed by atoms with Crippen LogP contribution in [-0.2, 0) is 11.2 Å². The number of nitrogens with one attached hydrogen (secondary N) is 1. The molecule has 0 heterocycles. The minimum absolute atomic E-state index is 0.189. The molecule has 0 saturated heterocycles. The van der Waals surface area contributed by atoms with Crippen molar-refractivity contribution in [3.63, 3.8) is 0 Å². The van der Waals surface area contributed by atoms with E-state index in [9.17, 15) is 4.79 Å². The average Bonchev–Trinajstić information content (AvgIpc) is 2.25. The highest BCUT2D eigenvalue weighted by Crippen LogP contribution is 2.22. The molecule has 1 aromatic carbocycles. The van der Waals surface area contributed by atoms with Crippen molar-refractivity contribution in [1.82, 2.24) is 5.32 Å². The van der Waals surface area contributed by atoms with Crippen molar-refractivity contribution in [2.75, 3.05) is 13.1 Å². The van der Waals surface area contributed by atoms with Gasteiger partial charge in [-0.05, 0) is 37.6 Å². The number of ketones is 1. The Kier molecular flexibility index (Phi) is 6.30. The lowest BCUT2D eigenvalue weighted by Gasteiger charge is -2.06. The van der Waals surface area contributed by atoms with Crippen LogP contribution in [-0.4, -0.2) is 24.1 Å². The zero-order chi connectivity index (χ0) is 12.7. The van der Waals surface area contributed by atoms with Crippen LogP contribution in [0.15, 0.2) is 29.2 Å². The van der Waals surface area contributed by atoms with E-state index in [4.69, 9.17) is 0 Å². The van der Waals surface area contributed by atoms with Crippen LogP contribution in [0.5, 0.6) is 0 Å². The topological polar surface area (TPSA) is 29.1 Å². The lowest BCUT2D eigenvalue weighted by atomic mass is 10.1. The molecule has 0 unspecified atom stereocenters. The Morgan fingerprint density at radius 1 is 1.29 bits per heavy atom. The summed E-state index contributed by atoms with van der Waals surface area (Å²) < 4.78 is 0. The molecule has 1 aromatic rings. The number of hydrogen-bond donors (Lipinski definition) is 1. The maximum absolute atomic E-state index is 10.7. The number of benzene rings is 1. The second-order valence-corrected chi connectivity index (χ2v) is 6.09. The van der Waals surface area contributed by atoms with Gasteiger partial charge in [0.05, 0.1) is 6.54 Å². The fraction of sp³-hybridized carbons (Fsp3) is 0.500. The molecule has 94 valence electrons. The standard InChI is InChI=1S/C14H21NOS/c1-11(2)17-14-6-4-13(5-7-14)8-9-15-10-12(3)16/h4-7,11,15H,8-10H2,1-3H3. The zero-order valence-electron chi connectivity index (χ0n) is 10.8. The first-order valence-corrected chi connectivity index (χ1v) is 6.91. The molecule has 0 aromatic heterocycles. The first-order valence-electron chi connectivity index (χ1n) is 6.03. The van der Waals surface area contributed by atoms with Crippen LogP contribution in [0.4, 0.5) is 0 Å². The summed E-state index contributed by atoms with van der Waals surface area (Å²) in [5.74, 6) is 0.189. The highest BCUT2D eigenvalue weighted by atomic mass is 32.2. The van der Waals surface area contributed by atoms with Crippen molar-refractivity contribution >= 4 is 17.5 Å². The van der Waals surface area contributed by atoms with Crippen molar-refractivity contribution in [3.05, 3.63) is 29.8 Å². The van der Waals surface area contributed by atoms with E-state index in [-0.39, 0.29) is 5.78 Å². The molecule has 0 aliphatic heterocycles. The van der Waals surface area contributed by atoms with Crippen molar-refractivity contribution in [2.45, 2.75) is 37.3 Å². The molecule has 0 aliphatic rings. The molecule has 0 aliphatic carbocycles. The van der Waals surface area contributed by atoms with Gasteiger partial charge in [-0.25, -0.2) is 0 Å². The smallest absolute Gasteiger partial charge is 0.143 e. The van der Waals surface area contributed by atoms with Crippen molar-refractivity contribution in [3.8, 4) is 0 Å². The molecule has 0 amide bonds. The summed E-state index contributed by atoms with van der Waals surface area (Å²) in [7, 11) is 0. The highest BCUT2D eigenvalue weighted by molar-refractivity contribution is 7.99. The summed E-state index contributed by atoms with van der Waals surface area (Å²) in [5.41, 5.74) is 1.31. The fourth-order valence-electron chi connectivity index (χ4n) is 1.50. The van der Waals surface area contributed by atoms with Crippen molar-refractivity contribution < 1.29 is 4.79 Å². The summed E-state index contributed by atoms with van der Waals surface area (Å²) >= 11 is 1.88. The van der Waals surface area contributed by atoms with Gasteiger partial charge in [0.25, 0.3) is 0 Å². The summed E-state index contributed by atoms with van der Waals surface area (Å²) in [6.45, 7) is 7.33. The highest BCUT2D eigenvalue weighted by Gasteiger charge is 1.99. The van der Waals surface area contributed by atoms with Crippen molar-refractivity contribution in [2.24, 2.45) is 0 Å². The third-order valence-electron chi connectivity index (χ3n) is 2.26. The van der Waals surface area contributed by atoms with Gasteiger partial charge in [-0.1, -0.05) is 26.0 Å². The molecular weight excluding hydrogens is 230 g/mol. The molecule has 2 nitrogen and oxygen atoms in total. The Balaban J connectivity index is 2.32. The van der Waals surface area contributed by atoms with Crippen LogP contribution in [0.1, 0.15) is 26.3 Å². The van der Waals surface area contributed by atoms with E-state index in [2.05, 4.69) is 43.4 Å². The summed E-state index contributed by atoms with van der Waals surface area (Å²) in [6.07, 6.45) is 0.972. The SMILES string of the molecule is CC(=O)CNCCc1ccc(SC(C)C)cc1. The maximum Gasteiger partial charge on any atom is 0.143 e. The number of hydrogen-bond acceptors (Lipinski definition) is 3. The summed E-state index contributed by atoms with van der Waals surface area (Å²) in [4.78, 5) is 12.1. The van der Waals surface area contributed by atoms with Gasteiger partial charge in [0.2, 0.25) is 0 Å². The molecule has 0 fully saturated rings. The van der Waals surface area contributed by atoms with Crippen LogP contribution in [0.25, 0.3) is 0 Å². The van der Waals surface area contributed by atoms with E-state index < -0.39 is 0 Å². The number of carbonyl (C=O) groups excluding carboxylic acids is 1.